The summed E-state index contributed by atoms with van der Waals surface area (Å²) in [6, 6.07) is 5.52. The maximum absolute atomic E-state index is 15.0. The van der Waals surface area contributed by atoms with Crippen LogP contribution in [0, 0.1) is 17.8 Å². The number of esters is 1. The molecule has 1 aromatic rings. The van der Waals surface area contributed by atoms with E-state index < -0.39 is 127 Å². The number of ether oxygens (including phenoxy) is 7. The summed E-state index contributed by atoms with van der Waals surface area (Å²) in [4.78, 5) is 24.9. The predicted molar refractivity (Wildman–Crippen MR) is 298 cm³/mol. The van der Waals surface area contributed by atoms with Crippen molar-refractivity contribution in [3.63, 3.8) is 0 Å². The number of aliphatic hydroxyl groups is 5. The minimum absolute atomic E-state index is 0.0823. The second-order valence-electron chi connectivity index (χ2n) is 23.8. The van der Waals surface area contributed by atoms with E-state index in [-0.39, 0.29) is 25.2 Å². The number of benzene rings is 1. The fourth-order valence-electron chi connectivity index (χ4n) is 12.0. The van der Waals surface area contributed by atoms with Gasteiger partial charge in [0.25, 0.3) is 0 Å². The van der Waals surface area contributed by atoms with Gasteiger partial charge in [0.1, 0.15) is 48.8 Å². The van der Waals surface area contributed by atoms with Crippen LogP contribution in [0.2, 0.25) is 0 Å². The number of hydrazine groups is 2. The van der Waals surface area contributed by atoms with Crippen LogP contribution in [0.3, 0.4) is 0 Å². The Morgan fingerprint density at radius 3 is 2.27 bits per heavy atom. The molecule has 0 bridgehead atoms. The molecule has 22 nitrogen and oxygen atoms in total. The molecule has 4 aliphatic heterocycles. The fraction of sp³-hybridized carbons (Fsp3) is 0.804. The zero-order valence-electron chi connectivity index (χ0n) is 49.8. The number of carbonyl (C=O) groups excluding carboxylic acids is 1. The molecule has 9 N–H and O–H groups in total. The van der Waals surface area contributed by atoms with Crippen molar-refractivity contribution in [1.82, 2.24) is 30.7 Å². The Kier molecular flexibility index (Phi) is 24.1. The summed E-state index contributed by atoms with van der Waals surface area (Å²) in [5.41, 5.74) is 4.47. The maximum Gasteiger partial charge on any atom is 0.311 e. The average Bonchev–Trinajstić information content (AvgIpc) is 3.91. The number of cyclic esters (lactones) is 1. The number of alkyl halides is 1. The normalized spacial score (nSPS) is 38.8. The first-order valence-electron chi connectivity index (χ1n) is 28.0. The van der Waals surface area contributed by atoms with Crippen molar-refractivity contribution in [2.45, 2.75) is 204 Å². The van der Waals surface area contributed by atoms with Crippen molar-refractivity contribution in [3.05, 3.63) is 41.7 Å². The monoisotopic (exact) mass is 1120 g/mol. The summed E-state index contributed by atoms with van der Waals surface area (Å²) < 4.78 is 59.3. The number of likely N-dealkylation sites (N-methyl/N-ethyl adjacent to an activating group) is 2. The Balaban J connectivity index is 1.39. The van der Waals surface area contributed by atoms with Crippen molar-refractivity contribution in [1.29, 1.82) is 0 Å². The lowest BCUT2D eigenvalue weighted by Crippen LogP contribution is -2.61. The van der Waals surface area contributed by atoms with E-state index in [2.05, 4.69) is 21.1 Å². The number of nitrogens with two attached hydrogens (primary N) is 1. The molecule has 79 heavy (non-hydrogen) atoms. The molecule has 0 radical (unpaired) electrons. The van der Waals surface area contributed by atoms with Crippen LogP contribution in [0.1, 0.15) is 113 Å². The molecule has 4 heterocycles. The predicted octanol–water partition coefficient (Wildman–Crippen LogP) is 3.13. The highest BCUT2D eigenvalue weighted by atomic mass is 19.1. The van der Waals surface area contributed by atoms with E-state index in [0.717, 1.165) is 11.3 Å². The van der Waals surface area contributed by atoms with Crippen molar-refractivity contribution >= 4 is 23.6 Å². The molecule has 1 aromatic carbocycles. The number of nitrogens with zero attached hydrogens (tertiary/aromatic N) is 6. The maximum atomic E-state index is 15.0. The van der Waals surface area contributed by atoms with Gasteiger partial charge in [-0.05, 0) is 120 Å². The highest BCUT2D eigenvalue weighted by Gasteiger charge is 2.53. The number of aliphatic imine (C=N–C) groups is 1. The van der Waals surface area contributed by atoms with E-state index in [4.69, 9.17) is 39.0 Å². The van der Waals surface area contributed by atoms with Crippen LogP contribution in [-0.4, -0.2) is 228 Å². The second kappa shape index (κ2) is 28.7. The SMILES string of the molecule is CC[C@H]1OC(=O)[C@H](C)[C@@H](O[C@H]2C[C@@](C)(OC)[C@@H](O)[C@H](C)O2)[C@H](C)[C@@H](O[C@@H]2O[C@H](C)C[C@H](N(C)CCC3=CN([C@H](CF)[C@H](OC)c4ccc(N=CC(CN(C)C)=NN)cc4)NN3)[C@H]2O)[C@](C)(O)C[C@@H](C)CN(C)[C@H](C)[C@@H](O)[C@]1(C)O. The molecule has 3 saturated heterocycles. The van der Waals surface area contributed by atoms with Gasteiger partial charge in [-0.1, -0.05) is 32.9 Å². The first kappa shape index (κ1) is 66.3. The highest BCUT2D eigenvalue weighted by Crippen LogP contribution is 2.41. The molecular formula is C56H98FN9O13. The summed E-state index contributed by atoms with van der Waals surface area (Å²) in [6.07, 6.45) is -6.22. The molecule has 0 amide bonds. The Labute approximate surface area is 468 Å². The molecule has 5 rings (SSSR count). The summed E-state index contributed by atoms with van der Waals surface area (Å²) in [5.74, 6) is 2.66. The van der Waals surface area contributed by atoms with Gasteiger partial charge in [0.15, 0.2) is 12.6 Å². The second-order valence-corrected chi connectivity index (χ2v) is 23.8. The van der Waals surface area contributed by atoms with Crippen LogP contribution in [0.4, 0.5) is 10.1 Å². The Bertz CT molecular complexity index is 2160. The number of hydrogen-bond acceptors (Lipinski definition) is 22. The van der Waals surface area contributed by atoms with Crippen LogP contribution in [0.15, 0.2) is 46.3 Å². The van der Waals surface area contributed by atoms with Gasteiger partial charge in [-0.15, -0.1) is 5.53 Å². The van der Waals surface area contributed by atoms with E-state index >= 15 is 4.39 Å². The first-order chi connectivity index (χ1) is 37.0. The summed E-state index contributed by atoms with van der Waals surface area (Å²) in [5, 5.41) is 65.4. The molecule has 0 aromatic heterocycles. The van der Waals surface area contributed by atoms with E-state index in [1.165, 1.54) is 21.1 Å². The van der Waals surface area contributed by atoms with Gasteiger partial charge in [-0.25, -0.2) is 4.39 Å². The molecule has 0 unspecified atom stereocenters. The number of hydrazone groups is 1. The Morgan fingerprint density at radius 1 is 1.00 bits per heavy atom. The molecule has 20 atom stereocenters. The zero-order valence-corrected chi connectivity index (χ0v) is 49.8. The van der Waals surface area contributed by atoms with Crippen molar-refractivity contribution in [2.24, 2.45) is 33.7 Å². The lowest BCUT2D eigenvalue weighted by atomic mass is 9.77. The standard InChI is InChI=1S/C56H98FN9O13/c1-17-44-56(10,72)49(68)36(6)65(14)29-32(2)25-54(8,71)51(34(4)47(35(5)52(70)77-44)78-45-26-55(9,74-16)50(69)37(7)76-45)79-53-46(67)42(24-33(3)75-53)64(13)23-22-40-31-66(62-61-40)43(27-57)48(73-15)38-18-20-39(21-19-38)59-28-41(60-58)30-63(11)12/h18-21,28,31-37,42-51,53,61-62,67-69,71-72H,17,22-27,29-30,58H2,1-16H3/t32-,33-,34+,35-,36-,37+,42+,43-,44-,45+,46-,47+,48-,49-,50+,51-,53+,54-,55-,56-/m1/s1. The first-order valence-corrected chi connectivity index (χ1v) is 28.0. The topological polar surface area (TPSA) is 271 Å². The number of carbonyl (C=O) groups is 1. The van der Waals surface area contributed by atoms with E-state index in [1.807, 2.05) is 87.2 Å². The molecule has 3 fully saturated rings. The van der Waals surface area contributed by atoms with Crippen LogP contribution < -0.4 is 16.8 Å². The van der Waals surface area contributed by atoms with Crippen LogP contribution in [0.25, 0.3) is 0 Å². The average molecular weight is 1120 g/mol. The lowest BCUT2D eigenvalue weighted by molar-refractivity contribution is -0.318. The van der Waals surface area contributed by atoms with Gasteiger partial charge in [-0.3, -0.25) is 14.8 Å². The van der Waals surface area contributed by atoms with E-state index in [0.29, 0.717) is 43.9 Å². The lowest BCUT2D eigenvalue weighted by Gasteiger charge is -2.49. The van der Waals surface area contributed by atoms with Gasteiger partial charge in [0, 0.05) is 76.6 Å². The molecule has 0 aliphatic carbocycles. The number of aliphatic hydroxyl groups excluding tert-OH is 3. The van der Waals surface area contributed by atoms with Gasteiger partial charge in [0.2, 0.25) is 0 Å². The summed E-state index contributed by atoms with van der Waals surface area (Å²) in [6.45, 7) is 18.1. The van der Waals surface area contributed by atoms with Crippen LogP contribution in [0.5, 0.6) is 0 Å². The van der Waals surface area contributed by atoms with Crippen LogP contribution >= 0.6 is 0 Å². The minimum Gasteiger partial charge on any atom is -0.459 e. The zero-order chi connectivity index (χ0) is 58.9. The van der Waals surface area contributed by atoms with Crippen molar-refractivity contribution in [2.75, 3.05) is 68.7 Å². The third-order valence-corrected chi connectivity index (χ3v) is 16.8. The summed E-state index contributed by atoms with van der Waals surface area (Å²) >= 11 is 0. The number of halogens is 1. The largest absolute Gasteiger partial charge is 0.459 e. The van der Waals surface area contributed by atoms with Crippen LogP contribution in [-0.2, 0) is 38.0 Å². The van der Waals surface area contributed by atoms with E-state index in [9.17, 15) is 30.3 Å². The molecule has 23 heteroatoms. The highest BCUT2D eigenvalue weighted by molar-refractivity contribution is 6.31. The van der Waals surface area contributed by atoms with Gasteiger partial charge < -0.3 is 84.7 Å². The third kappa shape index (κ3) is 16.4. The van der Waals surface area contributed by atoms with Gasteiger partial charge >= 0.3 is 5.97 Å². The molecule has 0 spiro atoms. The third-order valence-electron chi connectivity index (χ3n) is 16.8. The number of nitrogens with one attached hydrogen (secondary N) is 2. The number of methoxy groups -OCH3 is 2. The molecule has 4 aliphatic rings. The van der Waals surface area contributed by atoms with E-state index in [1.54, 1.807) is 59.7 Å². The Hall–Kier alpha value is -3.50. The van der Waals surface area contributed by atoms with Gasteiger partial charge in [0.05, 0.1) is 59.1 Å². The molecule has 0 saturated carbocycles. The fourth-order valence-corrected chi connectivity index (χ4v) is 12.0. The molecular weight excluding hydrogens is 1030 g/mol. The van der Waals surface area contributed by atoms with Crippen molar-refractivity contribution in [3.8, 4) is 0 Å². The Morgan fingerprint density at radius 2 is 1.67 bits per heavy atom. The number of hydrogen-bond donors (Lipinski definition) is 8. The van der Waals surface area contributed by atoms with Gasteiger partial charge in [-0.2, -0.15) is 5.10 Å². The smallest absolute Gasteiger partial charge is 0.311 e. The van der Waals surface area contributed by atoms with Crippen molar-refractivity contribution < 1.29 is 67.9 Å². The quantitative estimate of drug-likeness (QED) is 0.0428. The minimum atomic E-state index is -1.86. The number of rotatable bonds is 19. The summed E-state index contributed by atoms with van der Waals surface area (Å²) in [7, 11) is 10.6. The molecule has 452 valence electrons.